The highest BCUT2D eigenvalue weighted by atomic mass is 16.3. The Kier molecular flexibility index (Phi) is 4.78. The summed E-state index contributed by atoms with van der Waals surface area (Å²) in [7, 11) is 0. The summed E-state index contributed by atoms with van der Waals surface area (Å²) in [5, 5.41) is 8.60. The predicted octanol–water partition coefficient (Wildman–Crippen LogP) is 9.21. The van der Waals surface area contributed by atoms with Gasteiger partial charge >= 0.3 is 0 Å². The first-order chi connectivity index (χ1) is 17.8. The van der Waals surface area contributed by atoms with Crippen molar-refractivity contribution in [3.8, 4) is 22.6 Å². The predicted molar refractivity (Wildman–Crippen MR) is 150 cm³/mol. The molecule has 1 aromatic heterocycles. The summed E-state index contributed by atoms with van der Waals surface area (Å²) in [6.45, 7) is 0. The van der Waals surface area contributed by atoms with Gasteiger partial charge in [0.15, 0.2) is 5.58 Å². The van der Waals surface area contributed by atoms with E-state index in [0.29, 0.717) is 5.89 Å². The molecule has 0 radical (unpaired) electrons. The van der Waals surface area contributed by atoms with Crippen molar-refractivity contribution in [1.82, 2.24) is 4.98 Å². The maximum atomic E-state index is 5.89. The second kappa shape index (κ2) is 8.40. The first kappa shape index (κ1) is 20.5. The molecule has 0 saturated carbocycles. The molecule has 1 heterocycles. The number of para-hydroxylation sites is 2. The summed E-state index contributed by atoms with van der Waals surface area (Å²) in [5.41, 5.74) is 7.13. The topological polar surface area (TPSA) is 38.1 Å². The fourth-order valence-electron chi connectivity index (χ4n) is 4.88. The van der Waals surface area contributed by atoms with Crippen molar-refractivity contribution in [1.29, 1.82) is 0 Å². The highest BCUT2D eigenvalue weighted by molar-refractivity contribution is 6.13. The fourth-order valence-corrected chi connectivity index (χ4v) is 4.88. The molecule has 0 aliphatic rings. The number of hydrogen-bond donors (Lipinski definition) is 1. The first-order valence-corrected chi connectivity index (χ1v) is 12.1. The Morgan fingerprint density at radius 3 is 1.89 bits per heavy atom. The number of fused-ring (bicyclic) bond motifs is 4. The summed E-state index contributed by atoms with van der Waals surface area (Å²) in [4.78, 5) is 4.59. The molecule has 3 heteroatoms. The van der Waals surface area contributed by atoms with Gasteiger partial charge in [-0.25, -0.2) is 4.98 Å². The van der Waals surface area contributed by atoms with Gasteiger partial charge in [-0.3, -0.25) is 0 Å². The lowest BCUT2D eigenvalue weighted by Gasteiger charge is -2.12. The lowest BCUT2D eigenvalue weighted by molar-refractivity contribution is 0.620. The van der Waals surface area contributed by atoms with Crippen molar-refractivity contribution in [3.05, 3.63) is 127 Å². The molecule has 0 unspecified atom stereocenters. The Morgan fingerprint density at radius 1 is 0.528 bits per heavy atom. The second-order valence-electron chi connectivity index (χ2n) is 8.96. The van der Waals surface area contributed by atoms with E-state index in [2.05, 4.69) is 101 Å². The molecular weight excluding hydrogens is 440 g/mol. The first-order valence-electron chi connectivity index (χ1n) is 12.1. The molecule has 6 aromatic carbocycles. The van der Waals surface area contributed by atoms with Crippen molar-refractivity contribution in [3.63, 3.8) is 0 Å². The van der Waals surface area contributed by atoms with Gasteiger partial charge in [-0.15, -0.1) is 0 Å². The Labute approximate surface area is 208 Å². The molecule has 170 valence electrons. The van der Waals surface area contributed by atoms with Gasteiger partial charge in [0, 0.05) is 16.9 Å². The molecule has 0 bridgehead atoms. The smallest absolute Gasteiger partial charge is 0.227 e. The van der Waals surface area contributed by atoms with Crippen LogP contribution in [0.25, 0.3) is 55.2 Å². The van der Waals surface area contributed by atoms with E-state index in [1.54, 1.807) is 0 Å². The van der Waals surface area contributed by atoms with E-state index in [9.17, 15) is 0 Å². The average molecular weight is 463 g/mol. The van der Waals surface area contributed by atoms with Gasteiger partial charge in [0.1, 0.15) is 5.52 Å². The largest absolute Gasteiger partial charge is 0.436 e. The SMILES string of the molecule is c1ccc2c(c1)cc(-c1ccc(Nc3ccc(-c4nc5ccccc5o4)cc3)cc1)c1ccccc12. The van der Waals surface area contributed by atoms with Gasteiger partial charge in [-0.05, 0) is 87.3 Å². The summed E-state index contributed by atoms with van der Waals surface area (Å²) in [5.74, 6) is 0.634. The monoisotopic (exact) mass is 462 g/mol. The van der Waals surface area contributed by atoms with Crippen LogP contribution in [0.15, 0.2) is 132 Å². The van der Waals surface area contributed by atoms with Gasteiger partial charge < -0.3 is 9.73 Å². The van der Waals surface area contributed by atoms with E-state index in [-0.39, 0.29) is 0 Å². The summed E-state index contributed by atoms with van der Waals surface area (Å²) < 4.78 is 5.89. The number of hydrogen-bond acceptors (Lipinski definition) is 3. The van der Waals surface area contributed by atoms with E-state index in [0.717, 1.165) is 28.0 Å². The van der Waals surface area contributed by atoms with E-state index in [4.69, 9.17) is 4.42 Å². The maximum absolute atomic E-state index is 5.89. The number of rotatable bonds is 4. The van der Waals surface area contributed by atoms with Crippen LogP contribution in [0.1, 0.15) is 0 Å². The second-order valence-corrected chi connectivity index (χ2v) is 8.96. The molecule has 3 nitrogen and oxygen atoms in total. The summed E-state index contributed by atoms with van der Waals surface area (Å²) in [6, 6.07) is 44.2. The third-order valence-electron chi connectivity index (χ3n) is 6.68. The Balaban J connectivity index is 1.16. The van der Waals surface area contributed by atoms with Gasteiger partial charge in [0.05, 0.1) is 0 Å². The maximum Gasteiger partial charge on any atom is 0.227 e. The van der Waals surface area contributed by atoms with E-state index in [1.165, 1.54) is 32.7 Å². The van der Waals surface area contributed by atoms with E-state index < -0.39 is 0 Å². The number of oxazole rings is 1. The minimum Gasteiger partial charge on any atom is -0.436 e. The lowest BCUT2D eigenvalue weighted by atomic mass is 9.93. The molecule has 0 amide bonds. The lowest BCUT2D eigenvalue weighted by Crippen LogP contribution is -1.91. The minimum atomic E-state index is 0.634. The third-order valence-corrected chi connectivity index (χ3v) is 6.68. The molecule has 0 spiro atoms. The van der Waals surface area contributed by atoms with Crippen LogP contribution in [0, 0.1) is 0 Å². The highest BCUT2D eigenvalue weighted by Gasteiger charge is 2.09. The van der Waals surface area contributed by atoms with Crippen LogP contribution in [0.5, 0.6) is 0 Å². The zero-order valence-corrected chi connectivity index (χ0v) is 19.5. The van der Waals surface area contributed by atoms with Crippen molar-refractivity contribution in [2.24, 2.45) is 0 Å². The van der Waals surface area contributed by atoms with E-state index in [1.807, 2.05) is 36.4 Å². The van der Waals surface area contributed by atoms with Crippen molar-refractivity contribution < 1.29 is 4.42 Å². The fraction of sp³-hybridized carbons (Fsp3) is 0. The molecular formula is C33H22N2O. The van der Waals surface area contributed by atoms with Crippen LogP contribution in [0.4, 0.5) is 11.4 Å². The molecule has 36 heavy (non-hydrogen) atoms. The van der Waals surface area contributed by atoms with Gasteiger partial charge in [-0.1, -0.05) is 72.8 Å². The van der Waals surface area contributed by atoms with Gasteiger partial charge in [0.2, 0.25) is 5.89 Å². The molecule has 7 rings (SSSR count). The average Bonchev–Trinajstić information content (AvgIpc) is 3.38. The highest BCUT2D eigenvalue weighted by Crippen LogP contribution is 2.35. The Hall–Kier alpha value is -4.89. The normalized spacial score (nSPS) is 11.3. The van der Waals surface area contributed by atoms with Crippen molar-refractivity contribution >= 4 is 44.0 Å². The van der Waals surface area contributed by atoms with E-state index >= 15 is 0 Å². The van der Waals surface area contributed by atoms with Crippen LogP contribution in [0.2, 0.25) is 0 Å². The summed E-state index contributed by atoms with van der Waals surface area (Å²) >= 11 is 0. The van der Waals surface area contributed by atoms with Gasteiger partial charge in [-0.2, -0.15) is 0 Å². The zero-order valence-electron chi connectivity index (χ0n) is 19.5. The van der Waals surface area contributed by atoms with Crippen LogP contribution in [0.3, 0.4) is 0 Å². The van der Waals surface area contributed by atoms with Gasteiger partial charge in [0.25, 0.3) is 0 Å². The quantitative estimate of drug-likeness (QED) is 0.265. The molecule has 0 atom stereocenters. The Bertz CT molecular complexity index is 1820. The minimum absolute atomic E-state index is 0.634. The third kappa shape index (κ3) is 3.58. The standard InChI is InChI=1S/C33H22N2O/c1-2-8-27-24(7-1)21-30(29-10-4-3-9-28(27)29)22-13-17-25(18-14-22)34-26-19-15-23(16-20-26)33-35-31-11-5-6-12-32(31)36-33/h1-21,34H. The van der Waals surface area contributed by atoms with Crippen LogP contribution in [-0.4, -0.2) is 4.98 Å². The Morgan fingerprint density at radius 2 is 1.14 bits per heavy atom. The number of nitrogens with one attached hydrogen (secondary N) is 1. The number of nitrogens with zero attached hydrogens (tertiary/aromatic N) is 1. The van der Waals surface area contributed by atoms with Crippen LogP contribution in [-0.2, 0) is 0 Å². The summed E-state index contributed by atoms with van der Waals surface area (Å²) in [6.07, 6.45) is 0. The van der Waals surface area contributed by atoms with Crippen LogP contribution < -0.4 is 5.32 Å². The van der Waals surface area contributed by atoms with Crippen molar-refractivity contribution in [2.75, 3.05) is 5.32 Å². The number of aromatic nitrogens is 1. The number of benzene rings is 6. The molecule has 7 aromatic rings. The zero-order chi connectivity index (χ0) is 23.9. The van der Waals surface area contributed by atoms with Crippen molar-refractivity contribution in [2.45, 2.75) is 0 Å². The molecule has 0 aliphatic heterocycles. The molecule has 1 N–H and O–H groups in total. The molecule has 0 fully saturated rings. The number of anilines is 2. The van der Waals surface area contributed by atoms with Crippen LogP contribution >= 0.6 is 0 Å². The molecule has 0 aliphatic carbocycles. The molecule has 0 saturated heterocycles.